The van der Waals surface area contributed by atoms with Crippen molar-refractivity contribution in [2.45, 2.75) is 30.4 Å². The van der Waals surface area contributed by atoms with Crippen LogP contribution in [0.5, 0.6) is 0 Å². The second-order valence-electron chi connectivity index (χ2n) is 4.74. The van der Waals surface area contributed by atoms with Gasteiger partial charge in [0.15, 0.2) is 0 Å². The van der Waals surface area contributed by atoms with Gasteiger partial charge in [-0.25, -0.2) is 0 Å². The minimum absolute atomic E-state index is 0.0501. The van der Waals surface area contributed by atoms with Crippen molar-refractivity contribution in [3.63, 3.8) is 0 Å². The topological polar surface area (TPSA) is 32.3 Å². The zero-order valence-electron chi connectivity index (χ0n) is 11.7. The standard InChI is InChI=1S/C15H22N2OS/c1-3-17(4-2)10-9-16-15(18)14-11-12-7-5-6-8-13(12)19-14/h5-8,14H,3-4,9-11H2,1-2H3,(H,16,18). The molecule has 1 amide bonds. The predicted molar refractivity (Wildman–Crippen MR) is 80.6 cm³/mol. The number of fused-ring (bicyclic) bond motifs is 1. The highest BCUT2D eigenvalue weighted by Crippen LogP contribution is 2.36. The number of rotatable bonds is 6. The van der Waals surface area contributed by atoms with Gasteiger partial charge < -0.3 is 10.2 Å². The molecule has 3 nitrogen and oxygen atoms in total. The summed E-state index contributed by atoms with van der Waals surface area (Å²) in [5.74, 6) is 0.174. The molecule has 104 valence electrons. The highest BCUT2D eigenvalue weighted by Gasteiger charge is 2.27. The Labute approximate surface area is 119 Å². The molecule has 0 bridgehead atoms. The number of nitrogens with one attached hydrogen (secondary N) is 1. The van der Waals surface area contributed by atoms with Crippen molar-refractivity contribution >= 4 is 17.7 Å². The Morgan fingerprint density at radius 3 is 2.79 bits per heavy atom. The third-order valence-electron chi connectivity index (χ3n) is 3.56. The number of benzene rings is 1. The predicted octanol–water partition coefficient (Wildman–Crippen LogP) is 2.16. The molecule has 4 heteroatoms. The van der Waals surface area contributed by atoms with Crippen molar-refractivity contribution in [3.05, 3.63) is 29.8 Å². The molecule has 1 N–H and O–H groups in total. The Balaban J connectivity index is 1.77. The van der Waals surface area contributed by atoms with Gasteiger partial charge in [-0.05, 0) is 31.1 Å². The van der Waals surface area contributed by atoms with Gasteiger partial charge in [-0.15, -0.1) is 11.8 Å². The summed E-state index contributed by atoms with van der Waals surface area (Å²) in [4.78, 5) is 15.7. The SMILES string of the molecule is CCN(CC)CCNC(=O)C1Cc2ccccc2S1. The lowest BCUT2D eigenvalue weighted by molar-refractivity contribution is -0.120. The van der Waals surface area contributed by atoms with E-state index in [1.54, 1.807) is 11.8 Å². The summed E-state index contributed by atoms with van der Waals surface area (Å²) in [6.07, 6.45) is 0.859. The molecule has 1 atom stereocenters. The lowest BCUT2D eigenvalue weighted by atomic mass is 10.1. The number of hydrogen-bond donors (Lipinski definition) is 1. The molecule has 0 aromatic heterocycles. The van der Waals surface area contributed by atoms with E-state index < -0.39 is 0 Å². The maximum Gasteiger partial charge on any atom is 0.233 e. The minimum atomic E-state index is 0.0501. The van der Waals surface area contributed by atoms with Crippen LogP contribution < -0.4 is 5.32 Å². The smallest absolute Gasteiger partial charge is 0.233 e. The Hall–Kier alpha value is -1.00. The van der Waals surface area contributed by atoms with Gasteiger partial charge in [0.05, 0.1) is 5.25 Å². The Morgan fingerprint density at radius 1 is 1.37 bits per heavy atom. The average molecular weight is 278 g/mol. The van der Waals surface area contributed by atoms with Crippen LogP contribution in [0.2, 0.25) is 0 Å². The van der Waals surface area contributed by atoms with E-state index in [1.807, 2.05) is 12.1 Å². The number of nitrogens with zero attached hydrogens (tertiary/aromatic N) is 1. The second kappa shape index (κ2) is 6.96. The normalized spacial score (nSPS) is 17.5. The van der Waals surface area contributed by atoms with Crippen LogP contribution in [0.1, 0.15) is 19.4 Å². The third-order valence-corrected chi connectivity index (χ3v) is 4.88. The summed E-state index contributed by atoms with van der Waals surface area (Å²) < 4.78 is 0. The summed E-state index contributed by atoms with van der Waals surface area (Å²) in [5, 5.41) is 3.11. The van der Waals surface area contributed by atoms with E-state index >= 15 is 0 Å². The van der Waals surface area contributed by atoms with Crippen molar-refractivity contribution in [2.75, 3.05) is 26.2 Å². The van der Waals surface area contributed by atoms with E-state index in [4.69, 9.17) is 0 Å². The molecule has 1 aliphatic heterocycles. The summed E-state index contributed by atoms with van der Waals surface area (Å²) in [6, 6.07) is 8.29. The Bertz CT molecular complexity index is 407. The van der Waals surface area contributed by atoms with Crippen molar-refractivity contribution in [3.8, 4) is 0 Å². The molecular weight excluding hydrogens is 256 g/mol. The van der Waals surface area contributed by atoms with Gasteiger partial charge in [0.1, 0.15) is 0 Å². The number of hydrogen-bond acceptors (Lipinski definition) is 3. The van der Waals surface area contributed by atoms with E-state index in [9.17, 15) is 4.79 Å². The number of amides is 1. The first-order chi connectivity index (χ1) is 9.24. The molecule has 0 spiro atoms. The van der Waals surface area contributed by atoms with E-state index in [1.165, 1.54) is 10.5 Å². The quantitative estimate of drug-likeness (QED) is 0.865. The Morgan fingerprint density at radius 2 is 2.11 bits per heavy atom. The second-order valence-corrected chi connectivity index (χ2v) is 5.98. The van der Waals surface area contributed by atoms with Crippen LogP contribution in [0.4, 0.5) is 0 Å². The molecule has 1 unspecified atom stereocenters. The number of carbonyl (C=O) groups is 1. The first kappa shape index (κ1) is 14.4. The van der Waals surface area contributed by atoms with Crippen molar-refractivity contribution in [1.82, 2.24) is 10.2 Å². The highest BCUT2D eigenvalue weighted by atomic mass is 32.2. The minimum Gasteiger partial charge on any atom is -0.354 e. The summed E-state index contributed by atoms with van der Waals surface area (Å²) in [6.45, 7) is 8.05. The first-order valence-electron chi connectivity index (χ1n) is 6.99. The van der Waals surface area contributed by atoms with E-state index in [0.29, 0.717) is 0 Å². The number of thioether (sulfide) groups is 1. The summed E-state index contributed by atoms with van der Waals surface area (Å²) >= 11 is 1.69. The van der Waals surface area contributed by atoms with Gasteiger partial charge in [0.25, 0.3) is 0 Å². The molecular formula is C15H22N2OS. The van der Waals surface area contributed by atoms with Crippen molar-refractivity contribution < 1.29 is 4.79 Å². The zero-order valence-corrected chi connectivity index (χ0v) is 12.5. The average Bonchev–Trinajstić information content (AvgIpc) is 2.87. The van der Waals surface area contributed by atoms with E-state index in [2.05, 4.69) is 36.2 Å². The van der Waals surface area contributed by atoms with Crippen LogP contribution in [0, 0.1) is 0 Å². The van der Waals surface area contributed by atoms with E-state index in [0.717, 1.165) is 32.6 Å². The van der Waals surface area contributed by atoms with Gasteiger partial charge >= 0.3 is 0 Å². The molecule has 0 radical (unpaired) electrons. The van der Waals surface area contributed by atoms with E-state index in [-0.39, 0.29) is 11.2 Å². The molecule has 0 saturated heterocycles. The largest absolute Gasteiger partial charge is 0.354 e. The van der Waals surface area contributed by atoms with Gasteiger partial charge in [-0.1, -0.05) is 32.0 Å². The third kappa shape index (κ3) is 3.74. The molecule has 2 rings (SSSR count). The van der Waals surface area contributed by atoms with Crippen LogP contribution >= 0.6 is 11.8 Å². The fourth-order valence-corrected chi connectivity index (χ4v) is 3.54. The zero-order chi connectivity index (χ0) is 13.7. The molecule has 19 heavy (non-hydrogen) atoms. The summed E-state index contributed by atoms with van der Waals surface area (Å²) in [7, 11) is 0. The molecule has 1 aliphatic rings. The van der Waals surface area contributed by atoms with Crippen molar-refractivity contribution in [2.24, 2.45) is 0 Å². The monoisotopic (exact) mass is 278 g/mol. The van der Waals surface area contributed by atoms with Crippen LogP contribution in [-0.2, 0) is 11.2 Å². The molecule has 0 saturated carbocycles. The molecule has 1 aromatic rings. The molecule has 0 fully saturated rings. The van der Waals surface area contributed by atoms with Crippen LogP contribution in [0.3, 0.4) is 0 Å². The highest BCUT2D eigenvalue weighted by molar-refractivity contribution is 8.01. The number of carbonyl (C=O) groups excluding carboxylic acids is 1. The molecule has 0 aliphatic carbocycles. The Kier molecular flexibility index (Phi) is 5.28. The molecule has 1 heterocycles. The molecule has 1 aromatic carbocycles. The van der Waals surface area contributed by atoms with Gasteiger partial charge in [0.2, 0.25) is 5.91 Å². The maximum atomic E-state index is 12.1. The van der Waals surface area contributed by atoms with Gasteiger partial charge in [-0.2, -0.15) is 0 Å². The van der Waals surface area contributed by atoms with Gasteiger partial charge in [-0.3, -0.25) is 4.79 Å². The lowest BCUT2D eigenvalue weighted by Gasteiger charge is -2.18. The van der Waals surface area contributed by atoms with Crippen LogP contribution in [-0.4, -0.2) is 42.2 Å². The van der Waals surface area contributed by atoms with Crippen LogP contribution in [0.15, 0.2) is 29.2 Å². The fraction of sp³-hybridized carbons (Fsp3) is 0.533. The van der Waals surface area contributed by atoms with Crippen molar-refractivity contribution in [1.29, 1.82) is 0 Å². The lowest BCUT2D eigenvalue weighted by Crippen LogP contribution is -2.38. The first-order valence-corrected chi connectivity index (χ1v) is 7.87. The van der Waals surface area contributed by atoms with Gasteiger partial charge in [0, 0.05) is 18.0 Å². The maximum absolute atomic E-state index is 12.1. The number of likely N-dealkylation sites (N-methyl/N-ethyl adjacent to an activating group) is 1. The van der Waals surface area contributed by atoms with Crippen LogP contribution in [0.25, 0.3) is 0 Å². The fourth-order valence-electron chi connectivity index (χ4n) is 2.32. The summed E-state index contributed by atoms with van der Waals surface area (Å²) in [5.41, 5.74) is 1.30.